The monoisotopic (exact) mass is 318 g/mol. The second kappa shape index (κ2) is 6.87. The summed E-state index contributed by atoms with van der Waals surface area (Å²) in [6.07, 6.45) is 0.764. The highest BCUT2D eigenvalue weighted by Gasteiger charge is 2.17. The van der Waals surface area contributed by atoms with Crippen molar-refractivity contribution in [3.8, 4) is 11.4 Å². The van der Waals surface area contributed by atoms with E-state index < -0.39 is 0 Å². The van der Waals surface area contributed by atoms with Crippen molar-refractivity contribution in [3.63, 3.8) is 0 Å². The molecular formula is C16H19FN4O2. The number of halogens is 1. The van der Waals surface area contributed by atoms with Gasteiger partial charge in [0.15, 0.2) is 0 Å². The Hall–Kier alpha value is -2.28. The van der Waals surface area contributed by atoms with Crippen molar-refractivity contribution in [2.75, 3.05) is 26.2 Å². The number of hydrogen-bond donors (Lipinski definition) is 1. The van der Waals surface area contributed by atoms with Gasteiger partial charge in [-0.25, -0.2) is 4.39 Å². The van der Waals surface area contributed by atoms with Gasteiger partial charge in [-0.15, -0.1) is 0 Å². The van der Waals surface area contributed by atoms with E-state index in [-0.39, 0.29) is 11.7 Å². The van der Waals surface area contributed by atoms with Crippen LogP contribution in [0.2, 0.25) is 0 Å². The molecule has 7 heteroatoms. The molecule has 1 amide bonds. The van der Waals surface area contributed by atoms with Crippen molar-refractivity contribution in [3.05, 3.63) is 35.5 Å². The van der Waals surface area contributed by atoms with Gasteiger partial charge in [-0.3, -0.25) is 4.79 Å². The Morgan fingerprint density at radius 1 is 1.39 bits per heavy atom. The first-order chi connectivity index (χ1) is 11.1. The quantitative estimate of drug-likeness (QED) is 0.926. The molecule has 122 valence electrons. The average molecular weight is 318 g/mol. The van der Waals surface area contributed by atoms with Gasteiger partial charge in [-0.2, -0.15) is 4.98 Å². The van der Waals surface area contributed by atoms with Crippen LogP contribution in [0.25, 0.3) is 11.4 Å². The lowest BCUT2D eigenvalue weighted by Crippen LogP contribution is -2.46. The summed E-state index contributed by atoms with van der Waals surface area (Å²) in [6, 6.07) is 4.67. The highest BCUT2D eigenvalue weighted by atomic mass is 19.1. The molecule has 1 aromatic carbocycles. The van der Waals surface area contributed by atoms with E-state index >= 15 is 0 Å². The molecule has 2 heterocycles. The van der Waals surface area contributed by atoms with Crippen LogP contribution in [0.5, 0.6) is 0 Å². The molecule has 1 aliphatic rings. The van der Waals surface area contributed by atoms with Crippen LogP contribution >= 0.6 is 0 Å². The summed E-state index contributed by atoms with van der Waals surface area (Å²) in [5, 5.41) is 7.12. The normalized spacial score (nSPS) is 15.0. The van der Waals surface area contributed by atoms with Crippen LogP contribution in [-0.2, 0) is 11.2 Å². The number of nitrogens with zero attached hydrogens (tertiary/aromatic N) is 3. The molecule has 1 N–H and O–H groups in total. The largest absolute Gasteiger partial charge is 0.340 e. The summed E-state index contributed by atoms with van der Waals surface area (Å²) in [5.74, 6) is 0.672. The van der Waals surface area contributed by atoms with E-state index in [1.165, 1.54) is 6.07 Å². The van der Waals surface area contributed by atoms with E-state index in [0.717, 1.165) is 26.2 Å². The van der Waals surface area contributed by atoms with E-state index in [2.05, 4.69) is 15.5 Å². The van der Waals surface area contributed by atoms with Crippen molar-refractivity contribution in [2.24, 2.45) is 0 Å². The van der Waals surface area contributed by atoms with Crippen molar-refractivity contribution in [1.29, 1.82) is 0 Å². The Kier molecular flexibility index (Phi) is 4.66. The van der Waals surface area contributed by atoms with Crippen LogP contribution < -0.4 is 5.32 Å². The number of hydrogen-bond acceptors (Lipinski definition) is 5. The molecule has 0 unspecified atom stereocenters. The summed E-state index contributed by atoms with van der Waals surface area (Å²) in [6.45, 7) is 4.83. The molecule has 3 rings (SSSR count). The number of carbonyl (C=O) groups excluding carboxylic acids is 1. The number of rotatable bonds is 4. The van der Waals surface area contributed by atoms with Crippen LogP contribution in [-0.4, -0.2) is 47.1 Å². The molecule has 1 fully saturated rings. The van der Waals surface area contributed by atoms with Crippen molar-refractivity contribution >= 4 is 5.91 Å². The summed E-state index contributed by atoms with van der Waals surface area (Å²) >= 11 is 0. The van der Waals surface area contributed by atoms with Crippen LogP contribution in [0.1, 0.15) is 17.9 Å². The smallest absolute Gasteiger partial charge is 0.227 e. The highest BCUT2D eigenvalue weighted by molar-refractivity contribution is 5.76. The minimum Gasteiger partial charge on any atom is -0.340 e. The third kappa shape index (κ3) is 3.73. The number of carbonyl (C=O) groups is 1. The third-order valence-electron chi connectivity index (χ3n) is 3.91. The molecule has 0 aliphatic carbocycles. The maximum atomic E-state index is 13.3. The molecule has 1 aromatic heterocycles. The van der Waals surface area contributed by atoms with Gasteiger partial charge in [-0.1, -0.05) is 5.16 Å². The van der Waals surface area contributed by atoms with Gasteiger partial charge in [0.2, 0.25) is 17.6 Å². The van der Waals surface area contributed by atoms with Crippen molar-refractivity contribution < 1.29 is 13.7 Å². The van der Waals surface area contributed by atoms with Gasteiger partial charge in [0.05, 0.1) is 0 Å². The van der Waals surface area contributed by atoms with Crippen LogP contribution in [0.4, 0.5) is 4.39 Å². The minimum atomic E-state index is -0.265. The predicted octanol–water partition coefficient (Wildman–Crippen LogP) is 1.55. The topological polar surface area (TPSA) is 71.3 Å². The zero-order valence-corrected chi connectivity index (χ0v) is 13.0. The molecule has 6 nitrogen and oxygen atoms in total. The molecule has 0 saturated carbocycles. The van der Waals surface area contributed by atoms with E-state index in [0.29, 0.717) is 35.7 Å². The molecule has 1 aliphatic heterocycles. The van der Waals surface area contributed by atoms with Gasteiger partial charge in [-0.05, 0) is 30.7 Å². The lowest BCUT2D eigenvalue weighted by molar-refractivity contribution is -0.131. The Morgan fingerprint density at radius 2 is 2.17 bits per heavy atom. The van der Waals surface area contributed by atoms with Crippen LogP contribution in [0, 0.1) is 12.7 Å². The average Bonchev–Trinajstić information content (AvgIpc) is 3.05. The molecule has 0 radical (unpaired) electrons. The van der Waals surface area contributed by atoms with Gasteiger partial charge in [0, 0.05) is 44.6 Å². The fourth-order valence-electron chi connectivity index (χ4n) is 2.54. The molecular weight excluding hydrogens is 299 g/mol. The standard InChI is InChI=1S/C16H19FN4O2/c1-11-10-12(2-3-13(11)17)16-19-14(23-20-16)4-5-15(22)21-8-6-18-7-9-21/h2-3,10,18H,4-9H2,1H3. The molecule has 0 atom stereocenters. The summed E-state index contributed by atoms with van der Waals surface area (Å²) in [5.41, 5.74) is 1.23. The number of piperazine rings is 1. The summed E-state index contributed by atoms with van der Waals surface area (Å²) in [7, 11) is 0. The third-order valence-corrected chi connectivity index (χ3v) is 3.91. The number of aryl methyl sites for hydroxylation is 2. The van der Waals surface area contributed by atoms with Gasteiger partial charge >= 0.3 is 0 Å². The van der Waals surface area contributed by atoms with E-state index in [1.807, 2.05) is 4.90 Å². The predicted molar refractivity (Wildman–Crippen MR) is 82.2 cm³/mol. The first-order valence-electron chi connectivity index (χ1n) is 7.71. The van der Waals surface area contributed by atoms with E-state index in [4.69, 9.17) is 4.52 Å². The molecule has 1 saturated heterocycles. The molecule has 2 aromatic rings. The first kappa shape index (κ1) is 15.6. The summed E-state index contributed by atoms with van der Waals surface area (Å²) in [4.78, 5) is 18.2. The lowest BCUT2D eigenvalue weighted by Gasteiger charge is -2.27. The SMILES string of the molecule is Cc1cc(-c2noc(CCC(=O)N3CCNCC3)n2)ccc1F. The van der Waals surface area contributed by atoms with Crippen LogP contribution in [0.3, 0.4) is 0 Å². The highest BCUT2D eigenvalue weighted by Crippen LogP contribution is 2.19. The number of amides is 1. The Bertz CT molecular complexity index is 695. The van der Waals surface area contributed by atoms with Crippen molar-refractivity contribution in [2.45, 2.75) is 19.8 Å². The lowest BCUT2D eigenvalue weighted by atomic mass is 10.1. The zero-order chi connectivity index (χ0) is 16.2. The fraction of sp³-hybridized carbons (Fsp3) is 0.438. The number of nitrogens with one attached hydrogen (secondary N) is 1. The molecule has 0 spiro atoms. The maximum absolute atomic E-state index is 13.3. The van der Waals surface area contributed by atoms with Crippen LogP contribution in [0.15, 0.2) is 22.7 Å². The second-order valence-electron chi connectivity index (χ2n) is 5.61. The Labute approximate surface area is 133 Å². The first-order valence-corrected chi connectivity index (χ1v) is 7.71. The van der Waals surface area contributed by atoms with Gasteiger partial charge < -0.3 is 14.7 Å². The Morgan fingerprint density at radius 3 is 2.91 bits per heavy atom. The van der Waals surface area contributed by atoms with Crippen molar-refractivity contribution in [1.82, 2.24) is 20.4 Å². The number of aromatic nitrogens is 2. The fourth-order valence-corrected chi connectivity index (χ4v) is 2.54. The molecule has 0 bridgehead atoms. The Balaban J connectivity index is 1.60. The second-order valence-corrected chi connectivity index (χ2v) is 5.61. The van der Waals surface area contributed by atoms with Gasteiger partial charge in [0.1, 0.15) is 5.82 Å². The van der Waals surface area contributed by atoms with E-state index in [1.54, 1.807) is 19.1 Å². The zero-order valence-electron chi connectivity index (χ0n) is 13.0. The van der Waals surface area contributed by atoms with E-state index in [9.17, 15) is 9.18 Å². The number of benzene rings is 1. The summed E-state index contributed by atoms with van der Waals surface area (Å²) < 4.78 is 18.5. The van der Waals surface area contributed by atoms with Gasteiger partial charge in [0.25, 0.3) is 0 Å². The maximum Gasteiger partial charge on any atom is 0.227 e. The minimum absolute atomic E-state index is 0.101. The molecule has 23 heavy (non-hydrogen) atoms.